The molecule has 1 aromatic carbocycles. The van der Waals surface area contributed by atoms with Gasteiger partial charge in [0.25, 0.3) is 5.91 Å². The van der Waals surface area contributed by atoms with Gasteiger partial charge in [-0.25, -0.2) is 0 Å². The lowest BCUT2D eigenvalue weighted by molar-refractivity contribution is -0.123. The Morgan fingerprint density at radius 2 is 2.10 bits per heavy atom. The average Bonchev–Trinajstić information content (AvgIpc) is 2.36. The van der Waals surface area contributed by atoms with E-state index in [-0.39, 0.29) is 18.6 Å². The first-order valence-corrected chi connectivity index (χ1v) is 7.22. The largest absolute Gasteiger partial charge is 0.483 e. The number of benzene rings is 1. The van der Waals surface area contributed by atoms with Gasteiger partial charge in [0.1, 0.15) is 5.75 Å². The van der Waals surface area contributed by atoms with Gasteiger partial charge in [-0.05, 0) is 37.5 Å². The van der Waals surface area contributed by atoms with Crippen LogP contribution >= 0.6 is 11.6 Å². The lowest BCUT2D eigenvalue weighted by Crippen LogP contribution is -2.30. The molecule has 0 saturated heterocycles. The number of hydrogen-bond donors (Lipinski definition) is 2. The number of rotatable bonds is 7. The van der Waals surface area contributed by atoms with E-state index < -0.39 is 0 Å². The van der Waals surface area contributed by atoms with Crippen molar-refractivity contribution in [3.05, 3.63) is 28.8 Å². The van der Waals surface area contributed by atoms with Gasteiger partial charge >= 0.3 is 0 Å². The van der Waals surface area contributed by atoms with E-state index in [1.807, 2.05) is 6.92 Å². The first-order valence-electron chi connectivity index (χ1n) is 6.84. The number of hydrogen-bond acceptors (Lipinski definition) is 3. The van der Waals surface area contributed by atoms with Crippen molar-refractivity contribution >= 4 is 17.5 Å². The van der Waals surface area contributed by atoms with Crippen LogP contribution in [0.2, 0.25) is 5.02 Å². The molecule has 0 heterocycles. The number of ether oxygens (including phenoxy) is 1. The van der Waals surface area contributed by atoms with Crippen molar-refractivity contribution in [1.82, 2.24) is 5.32 Å². The third-order valence-electron chi connectivity index (χ3n) is 2.87. The van der Waals surface area contributed by atoms with Crippen molar-refractivity contribution < 1.29 is 9.53 Å². The van der Waals surface area contributed by atoms with Crippen LogP contribution in [-0.4, -0.2) is 19.1 Å². The summed E-state index contributed by atoms with van der Waals surface area (Å²) in [5, 5.41) is 3.43. The molecule has 0 fully saturated rings. The molecule has 20 heavy (non-hydrogen) atoms. The number of halogens is 1. The van der Waals surface area contributed by atoms with E-state index in [0.717, 1.165) is 12.0 Å². The molecule has 0 bridgehead atoms. The molecule has 0 aromatic heterocycles. The molecule has 1 amide bonds. The Morgan fingerprint density at radius 3 is 2.70 bits per heavy atom. The first kappa shape index (κ1) is 16.8. The summed E-state index contributed by atoms with van der Waals surface area (Å²) in [6, 6.07) is 5.02. The second kappa shape index (κ2) is 8.12. The van der Waals surface area contributed by atoms with E-state index in [9.17, 15) is 4.79 Å². The minimum atomic E-state index is -0.201. The van der Waals surface area contributed by atoms with Gasteiger partial charge in [-0.15, -0.1) is 0 Å². The maximum Gasteiger partial charge on any atom is 0.257 e. The van der Waals surface area contributed by atoms with Crippen LogP contribution in [0.25, 0.3) is 0 Å². The predicted molar refractivity (Wildman–Crippen MR) is 82.0 cm³/mol. The van der Waals surface area contributed by atoms with E-state index in [1.54, 1.807) is 18.2 Å². The first-order chi connectivity index (χ1) is 9.40. The Hall–Kier alpha value is -1.26. The zero-order chi connectivity index (χ0) is 15.1. The predicted octanol–water partition coefficient (Wildman–Crippen LogP) is 2.90. The molecule has 1 aromatic rings. The number of nitrogens with two attached hydrogens (primary N) is 1. The summed E-state index contributed by atoms with van der Waals surface area (Å²) in [6.45, 7) is 6.73. The Morgan fingerprint density at radius 1 is 1.40 bits per heavy atom. The van der Waals surface area contributed by atoms with E-state index in [0.29, 0.717) is 23.2 Å². The van der Waals surface area contributed by atoms with Gasteiger partial charge in [0.2, 0.25) is 0 Å². The summed E-state index contributed by atoms with van der Waals surface area (Å²) in [6.07, 6.45) is 0.956. The van der Waals surface area contributed by atoms with E-state index in [1.165, 1.54) is 0 Å². The summed E-state index contributed by atoms with van der Waals surface area (Å²) in [7, 11) is 0. The lowest BCUT2D eigenvalue weighted by Gasteiger charge is -2.14. The SMILES string of the molecule is CC(C)CCNC(=O)COc1ccc(Cl)cc1C(C)N. The molecular formula is C15H23ClN2O2. The highest BCUT2D eigenvalue weighted by atomic mass is 35.5. The highest BCUT2D eigenvalue weighted by Gasteiger charge is 2.10. The highest BCUT2D eigenvalue weighted by Crippen LogP contribution is 2.27. The molecular weight excluding hydrogens is 276 g/mol. The molecule has 112 valence electrons. The molecule has 0 spiro atoms. The molecule has 5 heteroatoms. The van der Waals surface area contributed by atoms with Crippen molar-refractivity contribution in [1.29, 1.82) is 0 Å². The van der Waals surface area contributed by atoms with Crippen LogP contribution in [0.15, 0.2) is 18.2 Å². The maximum atomic E-state index is 11.7. The zero-order valence-electron chi connectivity index (χ0n) is 12.3. The van der Waals surface area contributed by atoms with Crippen molar-refractivity contribution in [3.8, 4) is 5.75 Å². The number of nitrogens with one attached hydrogen (secondary N) is 1. The number of amides is 1. The van der Waals surface area contributed by atoms with Gasteiger partial charge in [0, 0.05) is 23.2 Å². The van der Waals surface area contributed by atoms with Crippen molar-refractivity contribution in [2.45, 2.75) is 33.2 Å². The minimum Gasteiger partial charge on any atom is -0.483 e. The van der Waals surface area contributed by atoms with E-state index >= 15 is 0 Å². The van der Waals surface area contributed by atoms with Gasteiger partial charge in [0.15, 0.2) is 6.61 Å². The second-order valence-corrected chi connectivity index (χ2v) is 5.73. The van der Waals surface area contributed by atoms with Crippen molar-refractivity contribution in [2.24, 2.45) is 11.7 Å². The summed E-state index contributed by atoms with van der Waals surface area (Å²) in [5.41, 5.74) is 6.66. The van der Waals surface area contributed by atoms with Gasteiger partial charge in [-0.3, -0.25) is 4.79 Å². The van der Waals surface area contributed by atoms with Crippen LogP contribution in [0.3, 0.4) is 0 Å². The van der Waals surface area contributed by atoms with Crippen LogP contribution in [0, 0.1) is 5.92 Å². The Labute approximate surface area is 125 Å². The second-order valence-electron chi connectivity index (χ2n) is 5.29. The Kier molecular flexibility index (Phi) is 6.82. The van der Waals surface area contributed by atoms with Crippen molar-refractivity contribution in [2.75, 3.05) is 13.2 Å². The van der Waals surface area contributed by atoms with Gasteiger partial charge < -0.3 is 15.8 Å². The fraction of sp³-hybridized carbons (Fsp3) is 0.533. The molecule has 4 nitrogen and oxygen atoms in total. The molecule has 0 aliphatic rings. The molecule has 1 unspecified atom stereocenters. The van der Waals surface area contributed by atoms with Crippen molar-refractivity contribution in [3.63, 3.8) is 0 Å². The maximum absolute atomic E-state index is 11.7. The topological polar surface area (TPSA) is 64.3 Å². The fourth-order valence-corrected chi connectivity index (χ4v) is 1.88. The summed E-state index contributed by atoms with van der Waals surface area (Å²) in [4.78, 5) is 11.7. The summed E-state index contributed by atoms with van der Waals surface area (Å²) < 4.78 is 5.52. The van der Waals surface area contributed by atoms with Gasteiger partial charge in [0.05, 0.1) is 0 Å². The van der Waals surface area contributed by atoms with Crippen LogP contribution in [-0.2, 0) is 4.79 Å². The normalized spacial score (nSPS) is 12.3. The minimum absolute atomic E-state index is 0.0144. The highest BCUT2D eigenvalue weighted by molar-refractivity contribution is 6.30. The summed E-state index contributed by atoms with van der Waals surface area (Å²) >= 11 is 5.93. The molecule has 0 aliphatic carbocycles. The van der Waals surface area contributed by atoms with Crippen LogP contribution in [0.5, 0.6) is 5.75 Å². The standard InChI is InChI=1S/C15H23ClN2O2/c1-10(2)6-7-18-15(19)9-20-14-5-4-12(16)8-13(14)11(3)17/h4-5,8,10-11H,6-7,9,17H2,1-3H3,(H,18,19). The molecule has 0 aliphatic heterocycles. The van der Waals surface area contributed by atoms with Gasteiger partial charge in [-0.2, -0.15) is 0 Å². The monoisotopic (exact) mass is 298 g/mol. The Balaban J connectivity index is 2.51. The number of carbonyl (C=O) groups excluding carboxylic acids is 1. The van der Waals surface area contributed by atoms with Crippen LogP contribution in [0.4, 0.5) is 0 Å². The third kappa shape index (κ3) is 5.80. The molecule has 0 saturated carbocycles. The number of carbonyl (C=O) groups is 1. The fourth-order valence-electron chi connectivity index (χ4n) is 1.70. The van der Waals surface area contributed by atoms with Gasteiger partial charge in [-0.1, -0.05) is 25.4 Å². The van der Waals surface area contributed by atoms with E-state index in [4.69, 9.17) is 22.1 Å². The average molecular weight is 299 g/mol. The third-order valence-corrected chi connectivity index (χ3v) is 3.10. The summed E-state index contributed by atoms with van der Waals surface area (Å²) in [5.74, 6) is 1.04. The molecule has 0 radical (unpaired) electrons. The van der Waals surface area contributed by atoms with E-state index in [2.05, 4.69) is 19.2 Å². The smallest absolute Gasteiger partial charge is 0.257 e. The lowest BCUT2D eigenvalue weighted by atomic mass is 10.1. The van der Waals surface area contributed by atoms with Crippen LogP contribution in [0.1, 0.15) is 38.8 Å². The Bertz CT molecular complexity index is 447. The van der Waals surface area contributed by atoms with Crippen LogP contribution < -0.4 is 15.8 Å². The quantitative estimate of drug-likeness (QED) is 0.813. The molecule has 3 N–H and O–H groups in total. The molecule has 1 atom stereocenters. The molecule has 1 rings (SSSR count). The zero-order valence-corrected chi connectivity index (χ0v) is 13.0.